The maximum Gasteiger partial charge on any atom is 0.244 e. The minimum atomic E-state index is 0. The molecule has 0 aliphatic carbocycles. The summed E-state index contributed by atoms with van der Waals surface area (Å²) < 4.78 is 3.84. The Morgan fingerprint density at radius 3 is 2.81 bits per heavy atom. The highest BCUT2D eigenvalue weighted by molar-refractivity contribution is 5.85. The van der Waals surface area contributed by atoms with Crippen molar-refractivity contribution in [2.75, 3.05) is 19.6 Å². The number of nitrogens with one attached hydrogen (secondary N) is 1. The topological polar surface area (TPSA) is 68.0 Å². The zero-order chi connectivity index (χ0) is 17.6. The van der Waals surface area contributed by atoms with Crippen LogP contribution in [0.4, 0.5) is 0 Å². The van der Waals surface area contributed by atoms with Crippen molar-refractivity contribution in [3.05, 3.63) is 36.2 Å². The van der Waals surface area contributed by atoms with Crippen LogP contribution >= 0.6 is 24.8 Å². The lowest BCUT2D eigenvalue weighted by Crippen LogP contribution is -2.36. The number of hydrogen-bond donors (Lipinski definition) is 1. The summed E-state index contributed by atoms with van der Waals surface area (Å²) in [6, 6.07) is 2.05. The van der Waals surface area contributed by atoms with Crippen LogP contribution in [0.5, 0.6) is 0 Å². The molecule has 1 fully saturated rings. The molecular weight excluding hydrogens is 387 g/mol. The summed E-state index contributed by atoms with van der Waals surface area (Å²) in [6.45, 7) is 5.70. The highest BCUT2D eigenvalue weighted by Crippen LogP contribution is 2.23. The van der Waals surface area contributed by atoms with Crippen LogP contribution in [0, 0.1) is 0 Å². The Morgan fingerprint density at radius 2 is 2.19 bits per heavy atom. The smallest absolute Gasteiger partial charge is 0.244 e. The van der Waals surface area contributed by atoms with Crippen LogP contribution in [-0.2, 0) is 24.9 Å². The molecule has 1 unspecified atom stereocenters. The number of carbonyl (C=O) groups is 1. The summed E-state index contributed by atoms with van der Waals surface area (Å²) in [4.78, 5) is 19.1. The number of piperidine rings is 1. The van der Waals surface area contributed by atoms with E-state index in [4.69, 9.17) is 0 Å². The molecule has 1 atom stereocenters. The molecule has 1 saturated heterocycles. The third-order valence-electron chi connectivity index (χ3n) is 4.85. The van der Waals surface area contributed by atoms with E-state index in [1.807, 2.05) is 33.5 Å². The second-order valence-corrected chi connectivity index (χ2v) is 6.73. The number of amides is 1. The van der Waals surface area contributed by atoms with Crippen molar-refractivity contribution < 1.29 is 4.79 Å². The van der Waals surface area contributed by atoms with Crippen LogP contribution in [0.2, 0.25) is 0 Å². The Balaban J connectivity index is 0.00000182. The third kappa shape index (κ3) is 5.96. The van der Waals surface area contributed by atoms with Gasteiger partial charge < -0.3 is 14.8 Å². The fourth-order valence-corrected chi connectivity index (χ4v) is 3.44. The van der Waals surface area contributed by atoms with Crippen LogP contribution in [0.25, 0.3) is 0 Å². The lowest BCUT2D eigenvalue weighted by molar-refractivity contribution is -0.132. The number of imidazole rings is 1. The van der Waals surface area contributed by atoms with Crippen molar-refractivity contribution in [3.8, 4) is 0 Å². The van der Waals surface area contributed by atoms with Gasteiger partial charge in [-0.15, -0.1) is 24.8 Å². The average molecular weight is 417 g/mol. The lowest BCUT2D eigenvalue weighted by atomic mass is 9.96. The van der Waals surface area contributed by atoms with Crippen LogP contribution in [0.1, 0.15) is 43.6 Å². The molecule has 1 amide bonds. The molecule has 1 N–H and O–H groups in total. The van der Waals surface area contributed by atoms with Gasteiger partial charge in [0.05, 0.1) is 6.54 Å². The molecule has 1 aliphatic heterocycles. The molecule has 3 rings (SSSR count). The highest BCUT2D eigenvalue weighted by Gasteiger charge is 2.22. The molecule has 0 bridgehead atoms. The first-order valence-electron chi connectivity index (χ1n) is 9.15. The Hall–Kier alpha value is -1.57. The second-order valence-electron chi connectivity index (χ2n) is 6.73. The lowest BCUT2D eigenvalue weighted by Gasteiger charge is -2.25. The van der Waals surface area contributed by atoms with Gasteiger partial charge in [0.1, 0.15) is 12.4 Å². The van der Waals surface area contributed by atoms with Gasteiger partial charge in [-0.3, -0.25) is 9.48 Å². The van der Waals surface area contributed by atoms with Crippen LogP contribution < -0.4 is 5.32 Å². The summed E-state index contributed by atoms with van der Waals surface area (Å²) in [5, 5.41) is 7.84. The first kappa shape index (κ1) is 23.5. The van der Waals surface area contributed by atoms with E-state index in [-0.39, 0.29) is 30.7 Å². The zero-order valence-corrected chi connectivity index (χ0v) is 17.6. The molecule has 152 valence electrons. The van der Waals surface area contributed by atoms with Gasteiger partial charge in [0.2, 0.25) is 5.91 Å². The van der Waals surface area contributed by atoms with Gasteiger partial charge in [-0.25, -0.2) is 4.98 Å². The quantitative estimate of drug-likeness (QED) is 0.751. The molecule has 0 aromatic carbocycles. The van der Waals surface area contributed by atoms with Gasteiger partial charge in [0.25, 0.3) is 0 Å². The molecule has 7 nitrogen and oxygen atoms in total. The number of aromatic nitrogens is 4. The Morgan fingerprint density at radius 1 is 1.37 bits per heavy atom. The van der Waals surface area contributed by atoms with E-state index in [1.54, 1.807) is 12.4 Å². The van der Waals surface area contributed by atoms with Crippen molar-refractivity contribution in [1.29, 1.82) is 0 Å². The van der Waals surface area contributed by atoms with E-state index in [0.717, 1.165) is 44.0 Å². The predicted octanol–water partition coefficient (Wildman–Crippen LogP) is 2.37. The molecule has 3 heterocycles. The predicted molar refractivity (Wildman–Crippen MR) is 110 cm³/mol. The van der Waals surface area contributed by atoms with Crippen LogP contribution in [0.3, 0.4) is 0 Å². The van der Waals surface area contributed by atoms with Crippen LogP contribution in [-0.4, -0.2) is 49.8 Å². The molecule has 27 heavy (non-hydrogen) atoms. The highest BCUT2D eigenvalue weighted by atomic mass is 35.5. The fraction of sp³-hybridized carbons (Fsp3) is 0.611. The number of carbonyl (C=O) groups excluding carboxylic acids is 1. The number of hydrogen-bond acceptors (Lipinski definition) is 4. The molecule has 1 aliphatic rings. The van der Waals surface area contributed by atoms with Gasteiger partial charge in [-0.05, 0) is 31.9 Å². The van der Waals surface area contributed by atoms with Crippen molar-refractivity contribution in [1.82, 2.24) is 29.5 Å². The second kappa shape index (κ2) is 11.3. The molecule has 9 heteroatoms. The summed E-state index contributed by atoms with van der Waals surface area (Å²) in [5.41, 5.74) is 1.16. The van der Waals surface area contributed by atoms with Gasteiger partial charge in [0, 0.05) is 50.3 Å². The minimum Gasteiger partial charge on any atom is -0.337 e. The Labute approximate surface area is 173 Å². The molecule has 2 aromatic heterocycles. The number of halogens is 2. The van der Waals surface area contributed by atoms with Gasteiger partial charge >= 0.3 is 0 Å². The third-order valence-corrected chi connectivity index (χ3v) is 4.85. The van der Waals surface area contributed by atoms with E-state index in [0.29, 0.717) is 19.0 Å². The SMILES string of the molecule is CCCN(Cc1nccn1C)C(=O)Cn1nccc1C1CCCNC1.Cl.Cl. The molecular formula is C18H30Cl2N6O. The molecule has 0 radical (unpaired) electrons. The summed E-state index contributed by atoms with van der Waals surface area (Å²) in [7, 11) is 1.96. The monoisotopic (exact) mass is 416 g/mol. The summed E-state index contributed by atoms with van der Waals surface area (Å²) in [5.74, 6) is 1.44. The van der Waals surface area contributed by atoms with Crippen molar-refractivity contribution >= 4 is 30.7 Å². The van der Waals surface area contributed by atoms with Crippen molar-refractivity contribution in [2.24, 2.45) is 7.05 Å². The van der Waals surface area contributed by atoms with Gasteiger partial charge in [0.15, 0.2) is 0 Å². The number of aryl methyl sites for hydroxylation is 1. The van der Waals surface area contributed by atoms with E-state index < -0.39 is 0 Å². The first-order chi connectivity index (χ1) is 12.2. The van der Waals surface area contributed by atoms with E-state index in [9.17, 15) is 4.79 Å². The average Bonchev–Trinajstić information content (AvgIpc) is 3.24. The van der Waals surface area contributed by atoms with E-state index >= 15 is 0 Å². The standard InChI is InChI=1S/C18H28N6O.2ClH/c1-3-10-23(13-17-20-9-11-22(17)2)18(25)14-24-16(6-8-21-24)15-5-4-7-19-12-15;;/h6,8-9,11,15,19H,3-5,7,10,12-14H2,1-2H3;2*1H. The Kier molecular flexibility index (Phi) is 9.83. The normalized spacial score (nSPS) is 16.3. The number of rotatable bonds is 7. The van der Waals surface area contributed by atoms with Gasteiger partial charge in [-0.2, -0.15) is 5.10 Å². The maximum atomic E-state index is 12.9. The minimum absolute atomic E-state index is 0. The number of nitrogens with zero attached hydrogens (tertiary/aromatic N) is 5. The molecule has 0 saturated carbocycles. The van der Waals surface area contributed by atoms with Crippen molar-refractivity contribution in [2.45, 2.75) is 45.2 Å². The largest absolute Gasteiger partial charge is 0.337 e. The fourth-order valence-electron chi connectivity index (χ4n) is 3.44. The first-order valence-corrected chi connectivity index (χ1v) is 9.15. The van der Waals surface area contributed by atoms with Crippen LogP contribution in [0.15, 0.2) is 24.7 Å². The van der Waals surface area contributed by atoms with Crippen molar-refractivity contribution in [3.63, 3.8) is 0 Å². The van der Waals surface area contributed by atoms with Gasteiger partial charge in [-0.1, -0.05) is 6.92 Å². The van der Waals surface area contributed by atoms with E-state index in [1.165, 1.54) is 6.42 Å². The zero-order valence-electron chi connectivity index (χ0n) is 16.0. The summed E-state index contributed by atoms with van der Waals surface area (Å²) >= 11 is 0. The maximum absolute atomic E-state index is 12.9. The molecule has 0 spiro atoms. The van der Waals surface area contributed by atoms with E-state index in [2.05, 4.69) is 22.3 Å². The summed E-state index contributed by atoms with van der Waals surface area (Å²) in [6.07, 6.45) is 8.73. The Bertz CT molecular complexity index is 696. The molecule has 2 aromatic rings.